The van der Waals surface area contributed by atoms with Crippen molar-refractivity contribution in [2.45, 2.75) is 59.4 Å². The van der Waals surface area contributed by atoms with Crippen LogP contribution in [-0.4, -0.2) is 12.6 Å². The van der Waals surface area contributed by atoms with Gasteiger partial charge in [0.05, 0.1) is 6.61 Å². The standard InChI is InChI=1S/C11H25NO/c1-5-7-11(8-6-2)12-13-9-10(3)4/h10-12H,5-9H2,1-4H3. The first-order valence-electron chi connectivity index (χ1n) is 5.58. The van der Waals surface area contributed by atoms with Crippen LogP contribution in [0, 0.1) is 5.92 Å². The van der Waals surface area contributed by atoms with E-state index in [1.54, 1.807) is 0 Å². The van der Waals surface area contributed by atoms with Gasteiger partial charge in [-0.2, -0.15) is 5.48 Å². The Morgan fingerprint density at radius 3 is 2.00 bits per heavy atom. The fourth-order valence-electron chi connectivity index (χ4n) is 1.29. The van der Waals surface area contributed by atoms with Crippen LogP contribution >= 0.6 is 0 Å². The highest BCUT2D eigenvalue weighted by molar-refractivity contribution is 4.60. The highest BCUT2D eigenvalue weighted by Gasteiger charge is 2.05. The van der Waals surface area contributed by atoms with Crippen LogP contribution in [0.5, 0.6) is 0 Å². The molecule has 0 aromatic rings. The highest BCUT2D eigenvalue weighted by atomic mass is 16.6. The Hall–Kier alpha value is -0.0800. The van der Waals surface area contributed by atoms with E-state index in [9.17, 15) is 0 Å². The lowest BCUT2D eigenvalue weighted by Gasteiger charge is -2.17. The molecule has 0 aromatic heterocycles. The van der Waals surface area contributed by atoms with Gasteiger partial charge in [-0.15, -0.1) is 0 Å². The molecular weight excluding hydrogens is 162 g/mol. The van der Waals surface area contributed by atoms with Gasteiger partial charge < -0.3 is 4.84 Å². The van der Waals surface area contributed by atoms with Gasteiger partial charge in [-0.3, -0.25) is 0 Å². The van der Waals surface area contributed by atoms with Crippen molar-refractivity contribution in [1.29, 1.82) is 0 Å². The van der Waals surface area contributed by atoms with Gasteiger partial charge in [-0.25, -0.2) is 0 Å². The van der Waals surface area contributed by atoms with E-state index in [1.807, 2.05) is 0 Å². The Morgan fingerprint density at radius 1 is 1.08 bits per heavy atom. The van der Waals surface area contributed by atoms with Crippen molar-refractivity contribution >= 4 is 0 Å². The van der Waals surface area contributed by atoms with Crippen molar-refractivity contribution < 1.29 is 4.84 Å². The first kappa shape index (κ1) is 12.9. The third kappa shape index (κ3) is 8.26. The van der Waals surface area contributed by atoms with Crippen molar-refractivity contribution in [3.63, 3.8) is 0 Å². The predicted octanol–water partition coefficient (Wildman–Crippen LogP) is 3.13. The second kappa shape index (κ2) is 8.52. The Kier molecular flexibility index (Phi) is 8.46. The molecule has 0 spiro atoms. The van der Waals surface area contributed by atoms with E-state index in [4.69, 9.17) is 4.84 Å². The molecule has 2 nitrogen and oxygen atoms in total. The molecule has 0 amide bonds. The number of hydrogen-bond acceptors (Lipinski definition) is 2. The summed E-state index contributed by atoms with van der Waals surface area (Å²) in [6.45, 7) is 9.57. The molecule has 0 rings (SSSR count). The van der Waals surface area contributed by atoms with Crippen molar-refractivity contribution in [3.05, 3.63) is 0 Å². The molecule has 0 heterocycles. The normalized spacial score (nSPS) is 11.5. The van der Waals surface area contributed by atoms with E-state index < -0.39 is 0 Å². The summed E-state index contributed by atoms with van der Waals surface area (Å²) in [4.78, 5) is 5.41. The molecule has 0 aliphatic rings. The Labute approximate surface area is 83.0 Å². The topological polar surface area (TPSA) is 21.3 Å². The monoisotopic (exact) mass is 187 g/mol. The van der Waals surface area contributed by atoms with Gasteiger partial charge in [0.15, 0.2) is 0 Å². The molecule has 1 N–H and O–H groups in total. The first-order chi connectivity index (χ1) is 6.20. The molecule has 0 atom stereocenters. The lowest BCUT2D eigenvalue weighted by atomic mass is 10.1. The van der Waals surface area contributed by atoms with E-state index in [2.05, 4.69) is 33.2 Å². The van der Waals surface area contributed by atoms with Crippen molar-refractivity contribution in [2.75, 3.05) is 6.61 Å². The molecule has 0 unspecified atom stereocenters. The third-order valence-corrected chi connectivity index (χ3v) is 1.94. The number of hydrogen-bond donors (Lipinski definition) is 1. The molecule has 0 fully saturated rings. The fourth-order valence-corrected chi connectivity index (χ4v) is 1.29. The summed E-state index contributed by atoms with van der Waals surface area (Å²) in [5.41, 5.74) is 3.15. The SMILES string of the molecule is CCCC(CCC)NOCC(C)C. The minimum absolute atomic E-state index is 0.550. The van der Waals surface area contributed by atoms with E-state index in [1.165, 1.54) is 25.7 Å². The molecule has 0 bridgehead atoms. The number of nitrogens with one attached hydrogen (secondary N) is 1. The van der Waals surface area contributed by atoms with Crippen LogP contribution in [0.3, 0.4) is 0 Å². The average Bonchev–Trinajstić information content (AvgIpc) is 2.04. The molecule has 2 heteroatoms. The smallest absolute Gasteiger partial charge is 0.0705 e. The molecular formula is C11H25NO. The zero-order chi connectivity index (χ0) is 10.1. The van der Waals surface area contributed by atoms with Gasteiger partial charge >= 0.3 is 0 Å². The van der Waals surface area contributed by atoms with E-state index >= 15 is 0 Å². The molecule has 0 saturated carbocycles. The van der Waals surface area contributed by atoms with Crippen LogP contribution in [0.1, 0.15) is 53.4 Å². The van der Waals surface area contributed by atoms with Crippen molar-refractivity contribution in [3.8, 4) is 0 Å². The minimum Gasteiger partial charge on any atom is -0.301 e. The quantitative estimate of drug-likeness (QED) is 0.589. The molecule has 0 saturated heterocycles. The van der Waals surface area contributed by atoms with E-state index in [0.717, 1.165) is 6.61 Å². The van der Waals surface area contributed by atoms with Crippen LogP contribution in [0.2, 0.25) is 0 Å². The van der Waals surface area contributed by atoms with Crippen LogP contribution in [0.4, 0.5) is 0 Å². The summed E-state index contributed by atoms with van der Waals surface area (Å²) < 4.78 is 0. The van der Waals surface area contributed by atoms with E-state index in [-0.39, 0.29) is 0 Å². The molecule has 0 aliphatic carbocycles. The molecule has 0 aliphatic heterocycles. The summed E-state index contributed by atoms with van der Waals surface area (Å²) in [6.07, 6.45) is 4.88. The van der Waals surface area contributed by atoms with Crippen molar-refractivity contribution in [1.82, 2.24) is 5.48 Å². The van der Waals surface area contributed by atoms with Crippen LogP contribution in [0.25, 0.3) is 0 Å². The number of hydroxylamine groups is 1. The maximum atomic E-state index is 5.41. The fraction of sp³-hybridized carbons (Fsp3) is 1.00. The van der Waals surface area contributed by atoms with Gasteiger partial charge in [-0.1, -0.05) is 40.5 Å². The number of rotatable bonds is 8. The van der Waals surface area contributed by atoms with Crippen molar-refractivity contribution in [2.24, 2.45) is 5.92 Å². The van der Waals surface area contributed by atoms with Gasteiger partial charge in [0, 0.05) is 6.04 Å². The largest absolute Gasteiger partial charge is 0.301 e. The summed E-state index contributed by atoms with van der Waals surface area (Å²) >= 11 is 0. The van der Waals surface area contributed by atoms with Crippen LogP contribution < -0.4 is 5.48 Å². The Balaban J connectivity index is 3.44. The Morgan fingerprint density at radius 2 is 1.62 bits per heavy atom. The van der Waals surface area contributed by atoms with Gasteiger partial charge in [0.2, 0.25) is 0 Å². The lowest BCUT2D eigenvalue weighted by molar-refractivity contribution is -0.00298. The highest BCUT2D eigenvalue weighted by Crippen LogP contribution is 2.04. The zero-order valence-corrected chi connectivity index (χ0v) is 9.60. The van der Waals surface area contributed by atoms with Gasteiger partial charge in [0.25, 0.3) is 0 Å². The first-order valence-corrected chi connectivity index (χ1v) is 5.58. The summed E-state index contributed by atoms with van der Waals surface area (Å²) in [6, 6.07) is 0.550. The summed E-state index contributed by atoms with van der Waals surface area (Å²) in [5, 5.41) is 0. The molecule has 0 aromatic carbocycles. The Bertz CT molecular complexity index is 98.3. The maximum Gasteiger partial charge on any atom is 0.0705 e. The molecule has 0 radical (unpaired) electrons. The van der Waals surface area contributed by atoms with Crippen LogP contribution in [-0.2, 0) is 4.84 Å². The summed E-state index contributed by atoms with van der Waals surface area (Å²) in [7, 11) is 0. The molecule has 13 heavy (non-hydrogen) atoms. The lowest BCUT2D eigenvalue weighted by Crippen LogP contribution is -2.30. The third-order valence-electron chi connectivity index (χ3n) is 1.94. The minimum atomic E-state index is 0.550. The second-order valence-corrected chi connectivity index (χ2v) is 4.10. The molecule has 80 valence electrons. The van der Waals surface area contributed by atoms with Crippen LogP contribution in [0.15, 0.2) is 0 Å². The van der Waals surface area contributed by atoms with Gasteiger partial charge in [-0.05, 0) is 18.8 Å². The maximum absolute atomic E-state index is 5.41. The van der Waals surface area contributed by atoms with Gasteiger partial charge in [0.1, 0.15) is 0 Å². The predicted molar refractivity (Wildman–Crippen MR) is 57.5 cm³/mol. The second-order valence-electron chi connectivity index (χ2n) is 4.10. The average molecular weight is 187 g/mol. The zero-order valence-electron chi connectivity index (χ0n) is 9.60. The summed E-state index contributed by atoms with van der Waals surface area (Å²) in [5.74, 6) is 0.608. The van der Waals surface area contributed by atoms with E-state index in [0.29, 0.717) is 12.0 Å².